The predicted octanol–water partition coefficient (Wildman–Crippen LogP) is 7.19. The van der Waals surface area contributed by atoms with E-state index in [2.05, 4.69) is 47.6 Å². The molecule has 6 rings (SSSR count). The van der Waals surface area contributed by atoms with Crippen LogP contribution in [0.5, 0.6) is 5.75 Å². The minimum atomic E-state index is -0.190. The largest absolute Gasteiger partial charge is 0.495 e. The first-order chi connectivity index (χ1) is 19.0. The van der Waals surface area contributed by atoms with E-state index in [1.165, 1.54) is 22.9 Å². The van der Waals surface area contributed by atoms with Gasteiger partial charge < -0.3 is 14.5 Å². The van der Waals surface area contributed by atoms with Gasteiger partial charge in [0.2, 0.25) is 5.91 Å². The van der Waals surface area contributed by atoms with Crippen molar-refractivity contribution in [3.8, 4) is 22.8 Å². The van der Waals surface area contributed by atoms with E-state index in [9.17, 15) is 4.79 Å². The maximum atomic E-state index is 13.1. The molecule has 39 heavy (non-hydrogen) atoms. The van der Waals surface area contributed by atoms with E-state index < -0.39 is 0 Å². The molecule has 0 fully saturated rings. The summed E-state index contributed by atoms with van der Waals surface area (Å²) in [7, 11) is 1.59. The zero-order chi connectivity index (χ0) is 26.9. The number of aryl methyl sites for hydroxylation is 2. The summed E-state index contributed by atoms with van der Waals surface area (Å²) in [6.45, 7) is 4.16. The van der Waals surface area contributed by atoms with Gasteiger partial charge in [-0.2, -0.15) is 0 Å². The molecule has 0 atom stereocenters. The van der Waals surface area contributed by atoms with Crippen molar-refractivity contribution in [3.05, 3.63) is 96.1 Å². The Morgan fingerprint density at radius 3 is 2.49 bits per heavy atom. The summed E-state index contributed by atoms with van der Waals surface area (Å²) in [6.07, 6.45) is 0. The number of hydrogen-bond donors (Lipinski definition) is 1. The molecule has 1 N–H and O–H groups in total. The lowest BCUT2D eigenvalue weighted by Crippen LogP contribution is -2.15. The Kier molecular flexibility index (Phi) is 6.54. The number of para-hydroxylation sites is 1. The SMILES string of the molecule is COc1cc2c(cc1NC(=O)CSc1nnc(-c3ccccc3)n1-c1ccc(C)c(C)c1)oc1ccccc12. The monoisotopic (exact) mass is 534 g/mol. The highest BCUT2D eigenvalue weighted by Gasteiger charge is 2.19. The van der Waals surface area contributed by atoms with Gasteiger partial charge in [0.05, 0.1) is 24.2 Å². The molecule has 0 radical (unpaired) electrons. The number of carbonyl (C=O) groups excluding carboxylic acids is 1. The Bertz CT molecular complexity index is 1820. The van der Waals surface area contributed by atoms with Crippen LogP contribution in [0.2, 0.25) is 0 Å². The molecule has 7 nitrogen and oxygen atoms in total. The highest BCUT2D eigenvalue weighted by Crippen LogP contribution is 2.36. The molecule has 6 aromatic rings. The van der Waals surface area contributed by atoms with E-state index in [0.29, 0.717) is 22.2 Å². The Morgan fingerprint density at radius 2 is 1.69 bits per heavy atom. The number of hydrogen-bond acceptors (Lipinski definition) is 6. The van der Waals surface area contributed by atoms with Crippen molar-refractivity contribution in [1.29, 1.82) is 0 Å². The number of nitrogens with zero attached hydrogens (tertiary/aromatic N) is 3. The number of aromatic nitrogens is 3. The highest BCUT2D eigenvalue weighted by atomic mass is 32.2. The zero-order valence-corrected chi connectivity index (χ0v) is 22.6. The third kappa shape index (κ3) is 4.75. The summed E-state index contributed by atoms with van der Waals surface area (Å²) in [5.74, 6) is 1.24. The summed E-state index contributed by atoms with van der Waals surface area (Å²) < 4.78 is 13.6. The molecular formula is C31H26N4O3S. The second-order valence-corrected chi connectivity index (χ2v) is 10.2. The lowest BCUT2D eigenvalue weighted by molar-refractivity contribution is -0.113. The Hall–Kier alpha value is -4.56. The molecule has 2 heterocycles. The molecule has 0 aliphatic heterocycles. The maximum Gasteiger partial charge on any atom is 0.234 e. The smallest absolute Gasteiger partial charge is 0.234 e. The van der Waals surface area contributed by atoms with Crippen molar-refractivity contribution in [2.24, 2.45) is 0 Å². The standard InChI is InChI=1S/C31H26N4O3S/c1-19-13-14-22(15-20(19)2)35-30(21-9-5-4-6-10-21)33-34-31(35)39-18-29(36)32-25-17-27-24(16-28(25)37-3)23-11-7-8-12-26(23)38-27/h4-17H,18H2,1-3H3,(H,32,36). The van der Waals surface area contributed by atoms with Crippen LogP contribution in [0.1, 0.15) is 11.1 Å². The van der Waals surface area contributed by atoms with E-state index in [1.807, 2.05) is 71.3 Å². The van der Waals surface area contributed by atoms with Gasteiger partial charge in [-0.05, 0) is 49.2 Å². The number of anilines is 1. The quantitative estimate of drug-likeness (QED) is 0.218. The number of benzene rings is 4. The van der Waals surface area contributed by atoms with Crippen LogP contribution >= 0.6 is 11.8 Å². The number of rotatable bonds is 7. The van der Waals surface area contributed by atoms with E-state index in [1.54, 1.807) is 7.11 Å². The van der Waals surface area contributed by atoms with Crippen LogP contribution in [0.3, 0.4) is 0 Å². The summed E-state index contributed by atoms with van der Waals surface area (Å²) in [5.41, 5.74) is 6.29. The summed E-state index contributed by atoms with van der Waals surface area (Å²) in [6, 6.07) is 27.7. The summed E-state index contributed by atoms with van der Waals surface area (Å²) in [5, 5.41) is 14.5. The molecule has 0 aliphatic carbocycles. The summed E-state index contributed by atoms with van der Waals surface area (Å²) in [4.78, 5) is 13.1. The van der Waals surface area contributed by atoms with Gasteiger partial charge in [-0.3, -0.25) is 9.36 Å². The third-order valence-electron chi connectivity index (χ3n) is 6.72. The number of nitrogens with one attached hydrogen (secondary N) is 1. The number of thioether (sulfide) groups is 1. The first kappa shape index (κ1) is 24.8. The molecule has 194 valence electrons. The maximum absolute atomic E-state index is 13.1. The lowest BCUT2D eigenvalue weighted by atomic mass is 10.1. The fourth-order valence-corrected chi connectivity index (χ4v) is 5.32. The van der Waals surface area contributed by atoms with Crippen LogP contribution in [-0.2, 0) is 4.79 Å². The molecule has 4 aromatic carbocycles. The number of carbonyl (C=O) groups is 1. The van der Waals surface area contributed by atoms with Gasteiger partial charge in [0.1, 0.15) is 16.9 Å². The number of fused-ring (bicyclic) bond motifs is 3. The van der Waals surface area contributed by atoms with E-state index in [4.69, 9.17) is 9.15 Å². The van der Waals surface area contributed by atoms with Gasteiger partial charge in [-0.15, -0.1) is 10.2 Å². The van der Waals surface area contributed by atoms with Gasteiger partial charge in [0.15, 0.2) is 11.0 Å². The number of methoxy groups -OCH3 is 1. The molecule has 0 unspecified atom stereocenters. The molecule has 0 bridgehead atoms. The Labute approximate surface area is 229 Å². The number of ether oxygens (including phenoxy) is 1. The van der Waals surface area contributed by atoms with Crippen molar-refractivity contribution in [2.45, 2.75) is 19.0 Å². The fourth-order valence-electron chi connectivity index (χ4n) is 4.57. The van der Waals surface area contributed by atoms with Crippen molar-refractivity contribution in [2.75, 3.05) is 18.2 Å². The molecule has 0 saturated heterocycles. The molecule has 8 heteroatoms. The fraction of sp³-hybridized carbons (Fsp3) is 0.129. The van der Waals surface area contributed by atoms with E-state index >= 15 is 0 Å². The first-order valence-corrected chi connectivity index (χ1v) is 13.5. The van der Waals surface area contributed by atoms with Crippen molar-refractivity contribution >= 4 is 45.3 Å². The number of amides is 1. The van der Waals surface area contributed by atoms with Crippen molar-refractivity contribution in [3.63, 3.8) is 0 Å². The van der Waals surface area contributed by atoms with Crippen LogP contribution < -0.4 is 10.1 Å². The second-order valence-electron chi connectivity index (χ2n) is 9.26. The molecular weight excluding hydrogens is 508 g/mol. The van der Waals surface area contributed by atoms with Crippen molar-refractivity contribution < 1.29 is 13.9 Å². The zero-order valence-electron chi connectivity index (χ0n) is 21.8. The van der Waals surface area contributed by atoms with Gasteiger partial charge in [0, 0.05) is 22.4 Å². The van der Waals surface area contributed by atoms with Crippen molar-refractivity contribution in [1.82, 2.24) is 14.8 Å². The predicted molar refractivity (Wildman–Crippen MR) is 156 cm³/mol. The third-order valence-corrected chi connectivity index (χ3v) is 7.65. The normalized spacial score (nSPS) is 11.3. The Morgan fingerprint density at radius 1 is 0.897 bits per heavy atom. The molecule has 0 spiro atoms. The van der Waals surface area contributed by atoms with Crippen LogP contribution in [0, 0.1) is 13.8 Å². The molecule has 0 aliphatic rings. The van der Waals surface area contributed by atoms with Gasteiger partial charge >= 0.3 is 0 Å². The number of furan rings is 1. The molecule has 0 saturated carbocycles. The lowest BCUT2D eigenvalue weighted by Gasteiger charge is -2.13. The minimum absolute atomic E-state index is 0.138. The average Bonchev–Trinajstić information content (AvgIpc) is 3.54. The van der Waals surface area contributed by atoms with Gasteiger partial charge in [0.25, 0.3) is 0 Å². The van der Waals surface area contributed by atoms with E-state index in [0.717, 1.165) is 33.4 Å². The van der Waals surface area contributed by atoms with Gasteiger partial charge in [-0.1, -0.05) is 66.4 Å². The minimum Gasteiger partial charge on any atom is -0.495 e. The van der Waals surface area contributed by atoms with Crippen LogP contribution in [0.25, 0.3) is 39.0 Å². The van der Waals surface area contributed by atoms with Crippen LogP contribution in [0.4, 0.5) is 5.69 Å². The average molecular weight is 535 g/mol. The first-order valence-electron chi connectivity index (χ1n) is 12.5. The molecule has 2 aromatic heterocycles. The second kappa shape index (κ2) is 10.3. The van der Waals surface area contributed by atoms with Crippen LogP contribution in [0.15, 0.2) is 94.5 Å². The molecule has 1 amide bonds. The highest BCUT2D eigenvalue weighted by molar-refractivity contribution is 7.99. The topological polar surface area (TPSA) is 82.2 Å². The van der Waals surface area contributed by atoms with Gasteiger partial charge in [-0.25, -0.2) is 0 Å². The van der Waals surface area contributed by atoms with E-state index in [-0.39, 0.29) is 11.7 Å². The summed E-state index contributed by atoms with van der Waals surface area (Å²) >= 11 is 1.33. The Balaban J connectivity index is 1.28. The van der Waals surface area contributed by atoms with Crippen LogP contribution in [-0.4, -0.2) is 33.5 Å².